The molecule has 1 fully saturated rings. The van der Waals surface area contributed by atoms with E-state index >= 15 is 0 Å². The van der Waals surface area contributed by atoms with Gasteiger partial charge in [0.05, 0.1) is 10.6 Å². The number of nitrogens with zero attached hydrogens (tertiary/aromatic N) is 1. The van der Waals surface area contributed by atoms with Crippen molar-refractivity contribution in [2.75, 3.05) is 4.90 Å². The third-order valence-electron chi connectivity index (χ3n) is 2.75. The van der Waals surface area contributed by atoms with Crippen molar-refractivity contribution in [3.8, 4) is 0 Å². The number of benzene rings is 1. The van der Waals surface area contributed by atoms with Gasteiger partial charge in [-0.1, -0.05) is 35.6 Å². The number of carbonyl (C=O) groups is 1. The van der Waals surface area contributed by atoms with Crippen molar-refractivity contribution < 1.29 is 9.21 Å². The van der Waals surface area contributed by atoms with E-state index < -0.39 is 0 Å². The quantitative estimate of drug-likeness (QED) is 0.371. The molecular formula is C14H7ClINO2S2. The van der Waals surface area contributed by atoms with Crippen molar-refractivity contribution in [2.24, 2.45) is 0 Å². The monoisotopic (exact) mass is 447 g/mol. The molecule has 1 aromatic carbocycles. The van der Waals surface area contributed by atoms with E-state index in [1.54, 1.807) is 30.3 Å². The van der Waals surface area contributed by atoms with Crippen LogP contribution in [0, 0.1) is 3.77 Å². The van der Waals surface area contributed by atoms with Gasteiger partial charge < -0.3 is 4.42 Å². The van der Waals surface area contributed by atoms with Crippen molar-refractivity contribution in [3.63, 3.8) is 0 Å². The predicted octanol–water partition coefficient (Wildman–Crippen LogP) is 4.94. The van der Waals surface area contributed by atoms with E-state index in [-0.39, 0.29) is 5.91 Å². The predicted molar refractivity (Wildman–Crippen MR) is 98.5 cm³/mol. The summed E-state index contributed by atoms with van der Waals surface area (Å²) in [5.41, 5.74) is 0.708. The van der Waals surface area contributed by atoms with Crippen molar-refractivity contribution in [1.82, 2.24) is 0 Å². The molecule has 2 aromatic rings. The second-order valence-corrected chi connectivity index (χ2v) is 7.31. The maximum atomic E-state index is 12.5. The number of halogens is 2. The molecule has 1 aliphatic rings. The molecule has 0 aliphatic carbocycles. The lowest BCUT2D eigenvalue weighted by molar-refractivity contribution is -0.113. The summed E-state index contributed by atoms with van der Waals surface area (Å²) >= 11 is 14.5. The number of rotatable bonds is 2. The molecular weight excluding hydrogens is 441 g/mol. The van der Waals surface area contributed by atoms with Crippen LogP contribution in [0.5, 0.6) is 0 Å². The fraction of sp³-hybridized carbons (Fsp3) is 0. The van der Waals surface area contributed by atoms with Gasteiger partial charge in [0.25, 0.3) is 5.91 Å². The minimum absolute atomic E-state index is 0.154. The molecule has 0 unspecified atom stereocenters. The molecule has 0 atom stereocenters. The van der Waals surface area contributed by atoms with Gasteiger partial charge in [-0.3, -0.25) is 9.69 Å². The first-order valence-electron chi connectivity index (χ1n) is 5.83. The van der Waals surface area contributed by atoms with E-state index in [0.717, 1.165) is 3.77 Å². The Morgan fingerprint density at radius 3 is 2.57 bits per heavy atom. The Labute approximate surface area is 149 Å². The van der Waals surface area contributed by atoms with E-state index in [1.165, 1.54) is 16.7 Å². The van der Waals surface area contributed by atoms with Crippen LogP contribution in [-0.2, 0) is 4.79 Å². The van der Waals surface area contributed by atoms with Gasteiger partial charge in [-0.05, 0) is 59.0 Å². The average molecular weight is 448 g/mol. The van der Waals surface area contributed by atoms with Gasteiger partial charge in [-0.2, -0.15) is 0 Å². The van der Waals surface area contributed by atoms with Gasteiger partial charge >= 0.3 is 0 Å². The molecule has 1 aromatic heterocycles. The van der Waals surface area contributed by atoms with E-state index in [4.69, 9.17) is 28.2 Å². The smallest absolute Gasteiger partial charge is 0.270 e. The second kappa shape index (κ2) is 6.12. The number of amides is 1. The molecule has 106 valence electrons. The standard InChI is InChI=1S/C14H7ClINO2S2/c15-8-1-3-9(4-2-8)17-13(18)11(21-14(17)20)7-10-5-6-12(16)19-10/h1-7H/b11-7+. The van der Waals surface area contributed by atoms with Crippen molar-refractivity contribution in [2.45, 2.75) is 0 Å². The minimum Gasteiger partial charge on any atom is -0.451 e. The van der Waals surface area contributed by atoms with E-state index in [2.05, 4.69) is 22.6 Å². The lowest BCUT2D eigenvalue weighted by atomic mass is 10.3. The molecule has 0 saturated carbocycles. The molecule has 0 radical (unpaired) electrons. The number of hydrogen-bond donors (Lipinski definition) is 0. The van der Waals surface area contributed by atoms with Gasteiger partial charge in [0.15, 0.2) is 8.09 Å². The van der Waals surface area contributed by atoms with E-state index in [1.807, 2.05) is 12.1 Å². The van der Waals surface area contributed by atoms with Crippen molar-refractivity contribution in [3.05, 3.63) is 55.9 Å². The molecule has 21 heavy (non-hydrogen) atoms. The maximum absolute atomic E-state index is 12.5. The highest BCUT2D eigenvalue weighted by Gasteiger charge is 2.33. The zero-order valence-corrected chi connectivity index (χ0v) is 14.9. The lowest BCUT2D eigenvalue weighted by Gasteiger charge is -2.14. The van der Waals surface area contributed by atoms with Gasteiger partial charge in [0, 0.05) is 11.1 Å². The fourth-order valence-electron chi connectivity index (χ4n) is 1.82. The summed E-state index contributed by atoms with van der Waals surface area (Å²) in [5.74, 6) is 0.481. The SMILES string of the molecule is O=C1/C(=C\c2ccc(I)o2)SC(=S)N1c1ccc(Cl)cc1. The zero-order chi connectivity index (χ0) is 15.0. The van der Waals surface area contributed by atoms with Crippen LogP contribution in [-0.4, -0.2) is 10.2 Å². The van der Waals surface area contributed by atoms with Gasteiger partial charge in [-0.15, -0.1) is 0 Å². The van der Waals surface area contributed by atoms with Crippen molar-refractivity contribution >= 4 is 80.2 Å². The molecule has 1 saturated heterocycles. The normalized spacial score (nSPS) is 17.0. The third kappa shape index (κ3) is 3.18. The highest BCUT2D eigenvalue weighted by molar-refractivity contribution is 14.1. The summed E-state index contributed by atoms with van der Waals surface area (Å²) < 4.78 is 6.72. The summed E-state index contributed by atoms with van der Waals surface area (Å²) in [4.78, 5) is 14.5. The maximum Gasteiger partial charge on any atom is 0.270 e. The van der Waals surface area contributed by atoms with Crippen molar-refractivity contribution in [1.29, 1.82) is 0 Å². The van der Waals surface area contributed by atoms with E-state index in [9.17, 15) is 4.79 Å². The van der Waals surface area contributed by atoms with Crippen LogP contribution < -0.4 is 4.90 Å². The molecule has 0 N–H and O–H groups in total. The average Bonchev–Trinajstić information content (AvgIpc) is 2.96. The molecule has 0 bridgehead atoms. The first-order valence-corrected chi connectivity index (χ1v) is 8.51. The highest BCUT2D eigenvalue weighted by Crippen LogP contribution is 2.36. The Kier molecular flexibility index (Phi) is 4.39. The number of furan rings is 1. The summed E-state index contributed by atoms with van der Waals surface area (Å²) in [6.45, 7) is 0. The van der Waals surface area contributed by atoms with Crippen LogP contribution in [0.3, 0.4) is 0 Å². The molecule has 3 nitrogen and oxygen atoms in total. The molecule has 1 aliphatic heterocycles. The van der Waals surface area contributed by atoms with Crippen LogP contribution in [0.2, 0.25) is 5.02 Å². The molecule has 2 heterocycles. The van der Waals surface area contributed by atoms with Gasteiger partial charge in [0.2, 0.25) is 0 Å². The Morgan fingerprint density at radius 2 is 1.95 bits per heavy atom. The largest absolute Gasteiger partial charge is 0.451 e. The fourth-order valence-corrected chi connectivity index (χ4v) is 3.65. The number of carbonyl (C=O) groups excluding carboxylic acids is 1. The number of hydrogen-bond acceptors (Lipinski definition) is 4. The summed E-state index contributed by atoms with van der Waals surface area (Å²) in [6, 6.07) is 10.7. The zero-order valence-electron chi connectivity index (χ0n) is 10.4. The molecule has 0 spiro atoms. The molecule has 1 amide bonds. The lowest BCUT2D eigenvalue weighted by Crippen LogP contribution is -2.27. The first kappa shape index (κ1) is 15.1. The Hall–Kier alpha value is -0.830. The summed E-state index contributed by atoms with van der Waals surface area (Å²) in [6.07, 6.45) is 1.71. The topological polar surface area (TPSA) is 33.5 Å². The van der Waals surface area contributed by atoms with Crippen LogP contribution in [0.4, 0.5) is 5.69 Å². The minimum atomic E-state index is -0.154. The molecule has 7 heteroatoms. The highest BCUT2D eigenvalue weighted by atomic mass is 127. The number of thiocarbonyl (C=S) groups is 1. The summed E-state index contributed by atoms with van der Waals surface area (Å²) in [7, 11) is 0. The van der Waals surface area contributed by atoms with Crippen LogP contribution in [0.15, 0.2) is 45.7 Å². The Bertz CT molecular complexity index is 755. The van der Waals surface area contributed by atoms with Gasteiger partial charge in [0.1, 0.15) is 5.76 Å². The summed E-state index contributed by atoms with van der Waals surface area (Å²) in [5, 5.41) is 0.616. The van der Waals surface area contributed by atoms with E-state index in [0.29, 0.717) is 25.7 Å². The van der Waals surface area contributed by atoms with Crippen LogP contribution >= 0.6 is 58.2 Å². The third-order valence-corrected chi connectivity index (χ3v) is 4.88. The van der Waals surface area contributed by atoms with Crippen LogP contribution in [0.1, 0.15) is 5.76 Å². The first-order chi connectivity index (χ1) is 10.0. The van der Waals surface area contributed by atoms with Gasteiger partial charge in [-0.25, -0.2) is 0 Å². The Balaban J connectivity index is 1.92. The van der Waals surface area contributed by atoms with Crippen LogP contribution in [0.25, 0.3) is 6.08 Å². The Morgan fingerprint density at radius 1 is 1.24 bits per heavy atom. The molecule has 3 rings (SSSR count). The number of thioether (sulfide) groups is 1. The number of anilines is 1. The second-order valence-electron chi connectivity index (χ2n) is 4.14.